The Balaban J connectivity index is 1.74. The van der Waals surface area contributed by atoms with Crippen molar-refractivity contribution in [2.75, 3.05) is 6.54 Å². The second-order valence-electron chi connectivity index (χ2n) is 8.73. The summed E-state index contributed by atoms with van der Waals surface area (Å²) in [5, 5.41) is 3.69. The molecule has 0 radical (unpaired) electrons. The van der Waals surface area contributed by atoms with Crippen LogP contribution in [0.3, 0.4) is 0 Å². The molecule has 0 spiro atoms. The minimum Gasteiger partial charge on any atom is -0.352 e. The van der Waals surface area contributed by atoms with Crippen LogP contribution in [0, 0.1) is 0 Å². The van der Waals surface area contributed by atoms with E-state index in [0.29, 0.717) is 15.6 Å². The molecule has 3 rings (SSSR count). The fourth-order valence-electron chi connectivity index (χ4n) is 3.85. The quantitative estimate of drug-likeness (QED) is 0.473. The molecule has 8 nitrogen and oxygen atoms in total. The van der Waals surface area contributed by atoms with Crippen molar-refractivity contribution in [2.45, 2.75) is 63.6 Å². The van der Waals surface area contributed by atoms with Crippen LogP contribution in [-0.4, -0.2) is 54.0 Å². The van der Waals surface area contributed by atoms with Gasteiger partial charge in [0, 0.05) is 35.6 Å². The summed E-state index contributed by atoms with van der Waals surface area (Å²) >= 11 is 12.3. The monoisotopic (exact) mass is 553 g/mol. The van der Waals surface area contributed by atoms with Crippen LogP contribution in [0.25, 0.3) is 0 Å². The Morgan fingerprint density at radius 1 is 1.11 bits per heavy atom. The highest BCUT2D eigenvalue weighted by atomic mass is 35.5. The number of benzene rings is 2. The standard InChI is InChI=1S/C25H29Cl2N3O5S/c1-4-16(2)28-24(32)17(3)29(15-18-11-12-19(26)14-21(18)27)23(31)10-7-13-30-25(33)20-8-5-6-9-22(20)36(30,34)35/h5-6,8-9,11-12,14,16-17H,4,7,10,13,15H2,1-3H3,(H,28,32). The first kappa shape index (κ1) is 28.0. The third kappa shape index (κ3) is 6.02. The first-order valence-electron chi connectivity index (χ1n) is 11.7. The second-order valence-corrected chi connectivity index (χ2v) is 11.4. The molecule has 11 heteroatoms. The Morgan fingerprint density at radius 3 is 2.44 bits per heavy atom. The fourth-order valence-corrected chi connectivity index (χ4v) is 5.93. The molecule has 0 aliphatic carbocycles. The zero-order valence-corrected chi connectivity index (χ0v) is 22.7. The lowest BCUT2D eigenvalue weighted by atomic mass is 10.1. The van der Waals surface area contributed by atoms with E-state index in [0.717, 1.165) is 10.7 Å². The predicted octanol–water partition coefficient (Wildman–Crippen LogP) is 4.25. The number of fused-ring (bicyclic) bond motifs is 1. The minimum atomic E-state index is -3.95. The molecular formula is C25H29Cl2N3O5S. The number of nitrogens with zero attached hydrogens (tertiary/aromatic N) is 2. The van der Waals surface area contributed by atoms with Gasteiger partial charge in [-0.3, -0.25) is 14.4 Å². The van der Waals surface area contributed by atoms with E-state index in [1.54, 1.807) is 37.3 Å². The summed E-state index contributed by atoms with van der Waals surface area (Å²) in [6.45, 7) is 5.36. The molecule has 1 aliphatic rings. The average Bonchev–Trinajstić information content (AvgIpc) is 3.03. The van der Waals surface area contributed by atoms with Gasteiger partial charge in [0.05, 0.1) is 5.56 Å². The molecule has 1 N–H and O–H groups in total. The van der Waals surface area contributed by atoms with Crippen molar-refractivity contribution in [3.63, 3.8) is 0 Å². The van der Waals surface area contributed by atoms with Crippen molar-refractivity contribution in [2.24, 2.45) is 0 Å². The van der Waals surface area contributed by atoms with E-state index < -0.39 is 22.0 Å². The number of carbonyl (C=O) groups excluding carboxylic acids is 3. The number of amides is 3. The van der Waals surface area contributed by atoms with Gasteiger partial charge in [0.2, 0.25) is 11.8 Å². The molecule has 2 unspecified atom stereocenters. The zero-order chi connectivity index (χ0) is 26.6. The lowest BCUT2D eigenvalue weighted by Gasteiger charge is -2.30. The smallest absolute Gasteiger partial charge is 0.269 e. The van der Waals surface area contributed by atoms with Crippen molar-refractivity contribution in [3.05, 3.63) is 63.6 Å². The van der Waals surface area contributed by atoms with Crippen molar-refractivity contribution in [3.8, 4) is 0 Å². The van der Waals surface area contributed by atoms with Gasteiger partial charge in [-0.2, -0.15) is 0 Å². The van der Waals surface area contributed by atoms with Gasteiger partial charge in [0.15, 0.2) is 0 Å². The number of nitrogens with one attached hydrogen (secondary N) is 1. The normalized spacial score (nSPS) is 15.8. The van der Waals surface area contributed by atoms with Crippen LogP contribution in [0.2, 0.25) is 10.0 Å². The molecule has 2 atom stereocenters. The van der Waals surface area contributed by atoms with Gasteiger partial charge in [-0.1, -0.05) is 48.3 Å². The van der Waals surface area contributed by atoms with E-state index in [1.165, 1.54) is 17.0 Å². The molecule has 0 saturated heterocycles. The van der Waals surface area contributed by atoms with E-state index in [1.807, 2.05) is 13.8 Å². The molecule has 0 fully saturated rings. The van der Waals surface area contributed by atoms with Gasteiger partial charge in [0.25, 0.3) is 15.9 Å². The molecule has 3 amide bonds. The predicted molar refractivity (Wildman–Crippen MR) is 138 cm³/mol. The highest BCUT2D eigenvalue weighted by Crippen LogP contribution is 2.30. The number of hydrogen-bond acceptors (Lipinski definition) is 5. The lowest BCUT2D eigenvalue weighted by Crippen LogP contribution is -2.49. The minimum absolute atomic E-state index is 0.0318. The maximum absolute atomic E-state index is 13.3. The van der Waals surface area contributed by atoms with Crippen molar-refractivity contribution in [1.29, 1.82) is 0 Å². The Morgan fingerprint density at radius 2 is 1.81 bits per heavy atom. The van der Waals surface area contributed by atoms with Crippen LogP contribution in [-0.2, 0) is 26.2 Å². The maximum Gasteiger partial charge on any atom is 0.269 e. The molecule has 36 heavy (non-hydrogen) atoms. The zero-order valence-electron chi connectivity index (χ0n) is 20.3. The van der Waals surface area contributed by atoms with Gasteiger partial charge < -0.3 is 10.2 Å². The molecular weight excluding hydrogens is 525 g/mol. The topological polar surface area (TPSA) is 104 Å². The second kappa shape index (κ2) is 11.6. The van der Waals surface area contributed by atoms with E-state index in [9.17, 15) is 22.8 Å². The number of sulfonamides is 1. The molecule has 2 aromatic rings. The number of carbonyl (C=O) groups is 3. The Bertz CT molecular complexity index is 1270. The van der Waals surface area contributed by atoms with Crippen LogP contribution < -0.4 is 5.32 Å². The molecule has 0 bridgehead atoms. The molecule has 2 aromatic carbocycles. The number of hydrogen-bond donors (Lipinski definition) is 1. The number of rotatable bonds is 10. The van der Waals surface area contributed by atoms with E-state index in [4.69, 9.17) is 23.2 Å². The van der Waals surface area contributed by atoms with Gasteiger partial charge >= 0.3 is 0 Å². The summed E-state index contributed by atoms with van der Waals surface area (Å²) in [7, 11) is -3.95. The Hall–Kier alpha value is -2.62. The SMILES string of the molecule is CCC(C)NC(=O)C(C)N(Cc1ccc(Cl)cc1Cl)C(=O)CCCN1C(=O)c2ccccc2S1(=O)=O. The third-order valence-corrected chi connectivity index (χ3v) is 8.62. The first-order valence-corrected chi connectivity index (χ1v) is 13.9. The van der Waals surface area contributed by atoms with Crippen LogP contribution >= 0.6 is 23.2 Å². The van der Waals surface area contributed by atoms with E-state index in [2.05, 4.69) is 5.32 Å². The van der Waals surface area contributed by atoms with Crippen LogP contribution in [0.15, 0.2) is 47.4 Å². The number of halogens is 2. The third-order valence-electron chi connectivity index (χ3n) is 6.19. The lowest BCUT2D eigenvalue weighted by molar-refractivity contribution is -0.141. The Labute approximate surface area is 221 Å². The summed E-state index contributed by atoms with van der Waals surface area (Å²) in [5.41, 5.74) is 0.739. The van der Waals surface area contributed by atoms with Gasteiger partial charge in [-0.25, -0.2) is 12.7 Å². The molecule has 1 aliphatic heterocycles. The maximum atomic E-state index is 13.3. The summed E-state index contributed by atoms with van der Waals surface area (Å²) in [6.07, 6.45) is 0.764. The van der Waals surface area contributed by atoms with E-state index in [-0.39, 0.29) is 54.2 Å². The fraction of sp³-hybridized carbons (Fsp3) is 0.400. The van der Waals surface area contributed by atoms with Gasteiger partial charge in [0.1, 0.15) is 10.9 Å². The van der Waals surface area contributed by atoms with E-state index >= 15 is 0 Å². The van der Waals surface area contributed by atoms with Gasteiger partial charge in [-0.15, -0.1) is 0 Å². The van der Waals surface area contributed by atoms with Crippen LogP contribution in [0.5, 0.6) is 0 Å². The summed E-state index contributed by atoms with van der Waals surface area (Å²) in [5.74, 6) is -1.28. The molecule has 0 saturated carbocycles. The highest BCUT2D eigenvalue weighted by molar-refractivity contribution is 7.90. The summed E-state index contributed by atoms with van der Waals surface area (Å²) in [6, 6.07) is 10.1. The Kier molecular flexibility index (Phi) is 9.03. The molecule has 0 aromatic heterocycles. The van der Waals surface area contributed by atoms with Crippen molar-refractivity contribution in [1.82, 2.24) is 14.5 Å². The van der Waals surface area contributed by atoms with Gasteiger partial charge in [-0.05, 0) is 56.5 Å². The highest BCUT2D eigenvalue weighted by Gasteiger charge is 2.40. The average molecular weight is 554 g/mol. The van der Waals surface area contributed by atoms with Crippen LogP contribution in [0.1, 0.15) is 56.0 Å². The molecule has 194 valence electrons. The largest absolute Gasteiger partial charge is 0.352 e. The molecule has 1 heterocycles. The summed E-state index contributed by atoms with van der Waals surface area (Å²) in [4.78, 5) is 40.1. The van der Waals surface area contributed by atoms with Crippen molar-refractivity contribution < 1.29 is 22.8 Å². The summed E-state index contributed by atoms with van der Waals surface area (Å²) < 4.78 is 26.3. The first-order chi connectivity index (χ1) is 17.0. The van der Waals surface area contributed by atoms with Crippen LogP contribution in [0.4, 0.5) is 0 Å². The van der Waals surface area contributed by atoms with Crippen molar-refractivity contribution >= 4 is 50.9 Å².